The average Bonchev–Trinajstić information content (AvgIpc) is 3.08. The van der Waals surface area contributed by atoms with E-state index in [1.165, 1.54) is 0 Å². The van der Waals surface area contributed by atoms with Crippen LogP contribution < -0.4 is 10.3 Å². The normalized spacial score (nSPS) is 27.4. The minimum absolute atomic E-state index is 0.0116. The number of aryl methyl sites for hydroxylation is 1. The number of aromatic nitrogens is 2. The van der Waals surface area contributed by atoms with Gasteiger partial charge in [0.1, 0.15) is 18.1 Å². The third-order valence-electron chi connectivity index (χ3n) is 7.67. The van der Waals surface area contributed by atoms with Crippen molar-refractivity contribution >= 4 is 16.9 Å². The number of nitrogens with one attached hydrogen (secondary N) is 1. The van der Waals surface area contributed by atoms with E-state index in [1.54, 1.807) is 41.5 Å². The summed E-state index contributed by atoms with van der Waals surface area (Å²) in [5, 5.41) is 8.38. The van der Waals surface area contributed by atoms with Gasteiger partial charge in [-0.05, 0) is 88.8 Å². The molecule has 43 heavy (non-hydrogen) atoms. The van der Waals surface area contributed by atoms with Crippen molar-refractivity contribution in [3.63, 3.8) is 0 Å². The molecule has 226 valence electrons. The predicted octanol–water partition coefficient (Wildman–Crippen LogP) is 7.44. The van der Waals surface area contributed by atoms with Crippen LogP contribution in [0, 0.1) is 5.41 Å². The molecule has 3 aromatic carbocycles. The first-order valence-corrected chi connectivity index (χ1v) is 14.9. The molecule has 1 aromatic heterocycles. The number of para-hydroxylation sites is 2. The maximum atomic E-state index is 14.2. The predicted molar refractivity (Wildman–Crippen MR) is 174 cm³/mol. The number of ether oxygens (including phenoxy) is 2. The molecule has 0 amide bonds. The summed E-state index contributed by atoms with van der Waals surface area (Å²) >= 11 is 0. The fourth-order valence-electron chi connectivity index (χ4n) is 5.39. The Bertz CT molecular complexity index is 1780. The molecule has 1 aliphatic rings. The third kappa shape index (κ3) is 7.34. The molecule has 4 aromatic rings. The summed E-state index contributed by atoms with van der Waals surface area (Å²) in [7, 11) is 0. The van der Waals surface area contributed by atoms with Gasteiger partial charge in [-0.1, -0.05) is 55.3 Å². The van der Waals surface area contributed by atoms with E-state index >= 15 is 0 Å². The van der Waals surface area contributed by atoms with E-state index in [0.29, 0.717) is 66.9 Å². The van der Waals surface area contributed by atoms with Gasteiger partial charge in [0.2, 0.25) is 5.90 Å². The molecular weight excluding hydrogens is 536 g/mol. The quantitative estimate of drug-likeness (QED) is 0.106. The Balaban J connectivity index is 1.42. The molecule has 1 fully saturated rings. The van der Waals surface area contributed by atoms with Gasteiger partial charge in [0.05, 0.1) is 17.6 Å². The second kappa shape index (κ2) is 14.5. The standard InChI is InChI=1S/C36H44N4O3/c1-4-42-35(37)29-20-21-33(43-25-28-16-7-5-8-17-28)30(24-29)34-36(41)40(32-19-10-9-18-31(32)38-34)23-12-6-11-22-39-26(2)14-13-15-27(39)3/h5,7-10,16-21,24,26-27,37H,4,6,11-15,22-23,25H2,1-3H3/t26-,27+/i13D,14D,15D,26D,27D/t13?,14?,15?,26-,27+. The molecule has 2 heterocycles. The molecule has 1 aliphatic heterocycles. The maximum Gasteiger partial charge on any atom is 0.277 e. The highest BCUT2D eigenvalue weighted by Gasteiger charge is 2.24. The lowest BCUT2D eigenvalue weighted by molar-refractivity contribution is 0.101. The Morgan fingerprint density at radius 3 is 2.49 bits per heavy atom. The number of benzene rings is 3. The van der Waals surface area contributed by atoms with Crippen molar-refractivity contribution in [3.8, 4) is 17.0 Å². The van der Waals surface area contributed by atoms with Gasteiger partial charge in [-0.15, -0.1) is 0 Å². The lowest BCUT2D eigenvalue weighted by Gasteiger charge is -2.39. The molecule has 5 rings (SSSR count). The van der Waals surface area contributed by atoms with Gasteiger partial charge in [-0.3, -0.25) is 15.1 Å². The maximum absolute atomic E-state index is 14.2. The summed E-state index contributed by atoms with van der Waals surface area (Å²) in [5.74, 6) is 0.453. The fraction of sp³-hybridized carbons (Fsp3) is 0.417. The van der Waals surface area contributed by atoms with Crippen LogP contribution in [-0.4, -0.2) is 45.5 Å². The molecule has 3 unspecified atom stereocenters. The molecular formula is C36H44N4O3. The molecule has 1 saturated heterocycles. The van der Waals surface area contributed by atoms with Crippen molar-refractivity contribution in [2.75, 3.05) is 13.2 Å². The monoisotopic (exact) mass is 585 g/mol. The molecule has 1 N–H and O–H groups in total. The zero-order valence-electron chi connectivity index (χ0n) is 30.2. The number of fused-ring (bicyclic) bond motifs is 1. The van der Waals surface area contributed by atoms with E-state index in [4.69, 9.17) is 26.7 Å². The molecule has 0 saturated carbocycles. The minimum Gasteiger partial charge on any atom is -0.488 e. The number of rotatable bonds is 12. The van der Waals surface area contributed by atoms with Crippen molar-refractivity contribution in [1.82, 2.24) is 14.5 Å². The summed E-state index contributed by atoms with van der Waals surface area (Å²) in [6.07, 6.45) is -1.43. The van der Waals surface area contributed by atoms with E-state index in [2.05, 4.69) is 0 Å². The van der Waals surface area contributed by atoms with Gasteiger partial charge in [-0.25, -0.2) is 4.98 Å². The van der Waals surface area contributed by atoms with Crippen molar-refractivity contribution in [2.24, 2.45) is 0 Å². The van der Waals surface area contributed by atoms with Crippen molar-refractivity contribution in [2.45, 2.75) is 84.4 Å². The summed E-state index contributed by atoms with van der Waals surface area (Å²) in [5.41, 5.74) is 3.19. The molecule has 0 aliphatic carbocycles. The van der Waals surface area contributed by atoms with Crippen LogP contribution in [0.15, 0.2) is 77.6 Å². The highest BCUT2D eigenvalue weighted by atomic mass is 16.5. The van der Waals surface area contributed by atoms with E-state index in [9.17, 15) is 4.79 Å². The number of likely N-dealkylation sites (tertiary alicyclic amines) is 1. The summed E-state index contributed by atoms with van der Waals surface area (Å²) < 4.78 is 56.0. The highest BCUT2D eigenvalue weighted by Crippen LogP contribution is 2.31. The first-order valence-electron chi connectivity index (χ1n) is 17.7. The van der Waals surface area contributed by atoms with E-state index in [-0.39, 0.29) is 23.8 Å². The number of nitrogens with zero attached hydrogens (tertiary/aromatic N) is 3. The summed E-state index contributed by atoms with van der Waals surface area (Å²) in [4.78, 5) is 20.6. The van der Waals surface area contributed by atoms with Gasteiger partial charge in [0.15, 0.2) is 0 Å². The SMILES string of the molecule is [2H]C1C([2H])[C@]([2H])(C)N(CCCCCn2c(=O)c(-c3cc(C(=N)OCC)ccc3OCc3ccccc3)nc3ccccc32)[C@]([2H])(C)C1[2H]. The van der Waals surface area contributed by atoms with Crippen molar-refractivity contribution in [1.29, 1.82) is 5.41 Å². The number of hydrogen-bond donors (Lipinski definition) is 1. The van der Waals surface area contributed by atoms with Crippen LogP contribution in [-0.2, 0) is 17.9 Å². The molecule has 0 radical (unpaired) electrons. The first-order chi connectivity index (χ1) is 22.9. The zero-order valence-corrected chi connectivity index (χ0v) is 25.2. The number of piperidine rings is 1. The summed E-state index contributed by atoms with van der Waals surface area (Å²) in [6, 6.07) is 19.5. The van der Waals surface area contributed by atoms with E-state index < -0.39 is 31.2 Å². The van der Waals surface area contributed by atoms with E-state index in [1.807, 2.05) is 61.5 Å². The van der Waals surface area contributed by atoms with Crippen LogP contribution in [0.3, 0.4) is 0 Å². The number of unbranched alkanes of at least 4 members (excludes halogenated alkanes) is 2. The van der Waals surface area contributed by atoms with Gasteiger partial charge in [0.25, 0.3) is 5.56 Å². The molecule has 0 spiro atoms. The van der Waals surface area contributed by atoms with Crippen LogP contribution >= 0.6 is 0 Å². The minimum atomic E-state index is -1.46. The van der Waals surface area contributed by atoms with Gasteiger partial charge in [-0.2, -0.15) is 0 Å². The Labute approximate surface area is 262 Å². The van der Waals surface area contributed by atoms with Crippen LogP contribution in [0.25, 0.3) is 22.3 Å². The summed E-state index contributed by atoms with van der Waals surface area (Å²) in [6.45, 7) is 6.31. The van der Waals surface area contributed by atoms with Gasteiger partial charge < -0.3 is 14.0 Å². The fourth-order valence-corrected chi connectivity index (χ4v) is 5.39. The van der Waals surface area contributed by atoms with Crippen LogP contribution in [0.2, 0.25) is 0 Å². The zero-order chi connectivity index (χ0) is 34.6. The average molecular weight is 586 g/mol. The van der Waals surface area contributed by atoms with Crippen molar-refractivity contribution < 1.29 is 16.3 Å². The lowest BCUT2D eigenvalue weighted by Crippen LogP contribution is -2.44. The van der Waals surface area contributed by atoms with Crippen LogP contribution in [0.5, 0.6) is 5.75 Å². The first kappa shape index (κ1) is 24.5. The molecule has 5 atom stereocenters. The van der Waals surface area contributed by atoms with Crippen molar-refractivity contribution in [3.05, 3.63) is 94.3 Å². The second-order valence-corrected chi connectivity index (χ2v) is 10.7. The smallest absolute Gasteiger partial charge is 0.277 e. The molecule has 7 heteroatoms. The van der Waals surface area contributed by atoms with Gasteiger partial charge >= 0.3 is 0 Å². The van der Waals surface area contributed by atoms with E-state index in [0.717, 1.165) is 5.56 Å². The second-order valence-electron chi connectivity index (χ2n) is 10.7. The van der Waals surface area contributed by atoms with Crippen LogP contribution in [0.1, 0.15) is 77.2 Å². The molecule has 0 bridgehead atoms. The lowest BCUT2D eigenvalue weighted by atomic mass is 9.97. The molecule has 7 nitrogen and oxygen atoms in total. The highest BCUT2D eigenvalue weighted by molar-refractivity contribution is 5.94. The third-order valence-corrected chi connectivity index (χ3v) is 7.67. The van der Waals surface area contributed by atoms with Crippen LogP contribution in [0.4, 0.5) is 0 Å². The Morgan fingerprint density at radius 1 is 1.00 bits per heavy atom. The Hall–Kier alpha value is -3.97. The van der Waals surface area contributed by atoms with Gasteiger partial charge in [0, 0.05) is 36.6 Å². The largest absolute Gasteiger partial charge is 0.488 e. The Morgan fingerprint density at radius 2 is 1.72 bits per heavy atom. The Kier molecular flexibility index (Phi) is 8.23. The number of hydrogen-bond acceptors (Lipinski definition) is 6. The topological polar surface area (TPSA) is 80.4 Å².